The zero-order valence-corrected chi connectivity index (χ0v) is 13.1. The number of carbonyl (C=O) groups is 1. The highest BCUT2D eigenvalue weighted by atomic mass is 35.5. The minimum Gasteiger partial charge on any atom is -0.355 e. The smallest absolute Gasteiger partial charge is 0.272 e. The van der Waals surface area contributed by atoms with E-state index >= 15 is 0 Å². The molecular weight excluding hydrogens is 302 g/mol. The van der Waals surface area contributed by atoms with Gasteiger partial charge >= 0.3 is 0 Å². The maximum absolute atomic E-state index is 12.2. The Balaban J connectivity index is 1.63. The van der Waals surface area contributed by atoms with Gasteiger partial charge in [-0.1, -0.05) is 11.6 Å². The van der Waals surface area contributed by atoms with E-state index in [1.807, 2.05) is 12.1 Å². The van der Waals surface area contributed by atoms with Gasteiger partial charge in [0.05, 0.1) is 5.02 Å². The Kier molecular flexibility index (Phi) is 4.29. The van der Waals surface area contributed by atoms with E-state index < -0.39 is 0 Å². The number of aryl methyl sites for hydroxylation is 1. The van der Waals surface area contributed by atoms with Crippen molar-refractivity contribution in [2.45, 2.75) is 18.9 Å². The Morgan fingerprint density at radius 3 is 2.95 bits per heavy atom. The second kappa shape index (κ2) is 6.36. The molecule has 1 atom stereocenters. The second-order valence-electron chi connectivity index (χ2n) is 5.47. The van der Waals surface area contributed by atoms with Crippen molar-refractivity contribution in [2.24, 2.45) is 7.05 Å². The van der Waals surface area contributed by atoms with E-state index in [-0.39, 0.29) is 11.9 Å². The van der Waals surface area contributed by atoms with E-state index in [2.05, 4.69) is 20.3 Å². The zero-order chi connectivity index (χ0) is 15.5. The van der Waals surface area contributed by atoms with Crippen LogP contribution in [0.5, 0.6) is 0 Å². The number of carbonyl (C=O) groups excluding carboxylic acids is 1. The molecule has 22 heavy (non-hydrogen) atoms. The minimum atomic E-state index is -0.128. The molecule has 0 spiro atoms. The summed E-state index contributed by atoms with van der Waals surface area (Å²) in [5, 5.41) is 7.80. The zero-order valence-electron chi connectivity index (χ0n) is 12.4. The number of amides is 1. The fourth-order valence-corrected chi connectivity index (χ4v) is 2.77. The lowest BCUT2D eigenvalue weighted by Gasteiger charge is -2.33. The maximum Gasteiger partial charge on any atom is 0.272 e. The number of aromatic nitrogens is 3. The number of hydrogen-bond acceptors (Lipinski definition) is 4. The van der Waals surface area contributed by atoms with Crippen molar-refractivity contribution in [2.75, 3.05) is 18.0 Å². The van der Waals surface area contributed by atoms with Gasteiger partial charge in [0.15, 0.2) is 0 Å². The van der Waals surface area contributed by atoms with Crippen LogP contribution in [0, 0.1) is 0 Å². The van der Waals surface area contributed by atoms with Crippen LogP contribution >= 0.6 is 11.6 Å². The molecule has 1 amide bonds. The summed E-state index contributed by atoms with van der Waals surface area (Å²) < 4.78 is 1.62. The predicted molar refractivity (Wildman–Crippen MR) is 85.2 cm³/mol. The van der Waals surface area contributed by atoms with Crippen molar-refractivity contribution in [1.82, 2.24) is 20.1 Å². The van der Waals surface area contributed by atoms with Crippen LogP contribution in [0.15, 0.2) is 30.6 Å². The molecule has 2 aromatic heterocycles. The number of halogens is 1. The Morgan fingerprint density at radius 2 is 2.27 bits per heavy atom. The van der Waals surface area contributed by atoms with Crippen molar-refractivity contribution in [3.8, 4) is 0 Å². The number of pyridine rings is 1. The van der Waals surface area contributed by atoms with E-state index in [1.54, 1.807) is 30.2 Å². The molecule has 1 N–H and O–H groups in total. The lowest BCUT2D eigenvalue weighted by atomic mass is 10.1. The summed E-state index contributed by atoms with van der Waals surface area (Å²) in [5.41, 5.74) is 0.448. The molecule has 3 rings (SSSR count). The number of nitrogens with one attached hydrogen (secondary N) is 1. The molecule has 3 heterocycles. The summed E-state index contributed by atoms with van der Waals surface area (Å²) in [6, 6.07) is 5.56. The van der Waals surface area contributed by atoms with E-state index in [0.717, 1.165) is 31.7 Å². The van der Waals surface area contributed by atoms with Crippen LogP contribution in [0.25, 0.3) is 0 Å². The van der Waals surface area contributed by atoms with E-state index in [9.17, 15) is 4.79 Å². The van der Waals surface area contributed by atoms with Gasteiger partial charge in [-0.05, 0) is 31.0 Å². The summed E-state index contributed by atoms with van der Waals surface area (Å²) in [4.78, 5) is 18.7. The molecule has 0 bridgehead atoms. The molecule has 1 aliphatic heterocycles. The highest BCUT2D eigenvalue weighted by molar-refractivity contribution is 6.30. The number of rotatable bonds is 3. The van der Waals surface area contributed by atoms with Gasteiger partial charge in [0, 0.05) is 38.6 Å². The first-order chi connectivity index (χ1) is 10.6. The van der Waals surface area contributed by atoms with Crippen molar-refractivity contribution >= 4 is 23.3 Å². The van der Waals surface area contributed by atoms with E-state index in [1.165, 1.54) is 0 Å². The molecule has 0 radical (unpaired) electrons. The summed E-state index contributed by atoms with van der Waals surface area (Å²) in [6.45, 7) is 1.68. The van der Waals surface area contributed by atoms with Gasteiger partial charge in [0.1, 0.15) is 11.5 Å². The number of anilines is 1. The lowest BCUT2D eigenvalue weighted by Crippen LogP contribution is -2.48. The molecule has 6 nitrogen and oxygen atoms in total. The third kappa shape index (κ3) is 3.39. The highest BCUT2D eigenvalue weighted by Gasteiger charge is 2.23. The first-order valence-corrected chi connectivity index (χ1v) is 7.66. The van der Waals surface area contributed by atoms with Crippen LogP contribution in [0.4, 0.5) is 5.82 Å². The topological polar surface area (TPSA) is 63.1 Å². The van der Waals surface area contributed by atoms with Gasteiger partial charge in [-0.3, -0.25) is 9.48 Å². The molecule has 1 fully saturated rings. The molecule has 0 saturated carbocycles. The molecule has 0 aliphatic carbocycles. The molecule has 116 valence electrons. The average Bonchev–Trinajstić information content (AvgIpc) is 2.95. The Bertz CT molecular complexity index is 654. The fourth-order valence-electron chi connectivity index (χ4n) is 2.65. The van der Waals surface area contributed by atoms with Gasteiger partial charge in [0.25, 0.3) is 5.91 Å². The molecular formula is C15H18ClN5O. The minimum absolute atomic E-state index is 0.0979. The third-order valence-corrected chi connectivity index (χ3v) is 3.96. The predicted octanol–water partition coefficient (Wildman–Crippen LogP) is 1.87. The second-order valence-corrected chi connectivity index (χ2v) is 5.90. The lowest BCUT2D eigenvalue weighted by molar-refractivity contribution is 0.0927. The Hall–Kier alpha value is -2.08. The first-order valence-electron chi connectivity index (χ1n) is 7.29. The highest BCUT2D eigenvalue weighted by Crippen LogP contribution is 2.19. The SMILES string of the molecule is Cn1ccc(C(=O)NC2CCCN(c3ccc(Cl)cn3)C2)n1. The third-order valence-electron chi connectivity index (χ3n) is 3.74. The van der Waals surface area contributed by atoms with Crippen LogP contribution in [-0.2, 0) is 7.05 Å². The quantitative estimate of drug-likeness (QED) is 0.938. The van der Waals surface area contributed by atoms with Crippen molar-refractivity contribution in [3.63, 3.8) is 0 Å². The average molecular weight is 320 g/mol. The normalized spacial score (nSPS) is 18.3. The summed E-state index contributed by atoms with van der Waals surface area (Å²) in [7, 11) is 1.80. The first kappa shape index (κ1) is 14.8. The van der Waals surface area contributed by atoms with E-state index in [4.69, 9.17) is 11.6 Å². The van der Waals surface area contributed by atoms with Gasteiger partial charge < -0.3 is 10.2 Å². The van der Waals surface area contributed by atoms with Crippen molar-refractivity contribution in [1.29, 1.82) is 0 Å². The molecule has 0 aromatic carbocycles. The van der Waals surface area contributed by atoms with Crippen LogP contribution in [-0.4, -0.2) is 39.8 Å². The molecule has 1 aliphatic rings. The Morgan fingerprint density at radius 1 is 1.41 bits per heavy atom. The number of piperidine rings is 1. The fraction of sp³-hybridized carbons (Fsp3) is 0.400. The monoisotopic (exact) mass is 319 g/mol. The van der Waals surface area contributed by atoms with Crippen LogP contribution in [0.1, 0.15) is 23.3 Å². The summed E-state index contributed by atoms with van der Waals surface area (Å²) in [5.74, 6) is 0.762. The van der Waals surface area contributed by atoms with Crippen LogP contribution < -0.4 is 10.2 Å². The summed E-state index contributed by atoms with van der Waals surface area (Å²) in [6.07, 6.45) is 5.38. The van der Waals surface area contributed by atoms with Gasteiger partial charge in [-0.15, -0.1) is 0 Å². The standard InChI is InChI=1S/C15H18ClN5O/c1-20-8-6-13(19-20)15(22)18-12-3-2-7-21(10-12)14-5-4-11(16)9-17-14/h4-6,8-9,12H,2-3,7,10H2,1H3,(H,18,22). The molecule has 1 unspecified atom stereocenters. The van der Waals surface area contributed by atoms with Crippen LogP contribution in [0.3, 0.4) is 0 Å². The van der Waals surface area contributed by atoms with Crippen molar-refractivity contribution < 1.29 is 4.79 Å². The van der Waals surface area contributed by atoms with Gasteiger partial charge in [0.2, 0.25) is 0 Å². The number of hydrogen-bond donors (Lipinski definition) is 1. The van der Waals surface area contributed by atoms with E-state index in [0.29, 0.717) is 10.7 Å². The van der Waals surface area contributed by atoms with Gasteiger partial charge in [-0.2, -0.15) is 5.10 Å². The molecule has 7 heteroatoms. The molecule has 1 saturated heterocycles. The largest absolute Gasteiger partial charge is 0.355 e. The summed E-state index contributed by atoms with van der Waals surface area (Å²) >= 11 is 5.87. The maximum atomic E-state index is 12.2. The Labute approximate surface area is 134 Å². The van der Waals surface area contributed by atoms with Gasteiger partial charge in [-0.25, -0.2) is 4.98 Å². The van der Waals surface area contributed by atoms with Crippen LogP contribution in [0.2, 0.25) is 5.02 Å². The number of nitrogens with zero attached hydrogens (tertiary/aromatic N) is 4. The molecule has 2 aromatic rings. The van der Waals surface area contributed by atoms with Crippen molar-refractivity contribution in [3.05, 3.63) is 41.3 Å².